The zero-order chi connectivity index (χ0) is 18.6. The zero-order valence-corrected chi connectivity index (χ0v) is 13.7. The fraction of sp³-hybridized carbons (Fsp3) is 0.188. The molecule has 0 bridgehead atoms. The number of esters is 2. The van der Waals surface area contributed by atoms with Gasteiger partial charge in [0.05, 0.1) is 25.3 Å². The van der Waals surface area contributed by atoms with Crippen molar-refractivity contribution in [3.63, 3.8) is 0 Å². The fourth-order valence-corrected chi connectivity index (χ4v) is 1.99. The molecule has 1 N–H and O–H groups in total. The molecular weight excluding hydrogens is 330 g/mol. The normalized spacial score (nSPS) is 10.0. The Morgan fingerprint density at radius 3 is 2.04 bits per heavy atom. The molecule has 0 saturated carbocycles. The maximum Gasteiger partial charge on any atom is 0.337 e. The summed E-state index contributed by atoms with van der Waals surface area (Å²) in [6, 6.07) is 6.45. The maximum absolute atomic E-state index is 12.3. The van der Waals surface area contributed by atoms with Gasteiger partial charge >= 0.3 is 11.9 Å². The van der Waals surface area contributed by atoms with Gasteiger partial charge in [-0.1, -0.05) is 0 Å². The Labute approximate surface area is 142 Å². The van der Waals surface area contributed by atoms with Gasteiger partial charge in [-0.2, -0.15) is 5.10 Å². The third-order valence-electron chi connectivity index (χ3n) is 3.23. The van der Waals surface area contributed by atoms with E-state index in [0.29, 0.717) is 0 Å². The number of anilines is 1. The molecule has 0 aliphatic carbocycles. The summed E-state index contributed by atoms with van der Waals surface area (Å²) in [5, 5.41) is 6.34. The van der Waals surface area contributed by atoms with Crippen molar-refractivity contribution in [3.8, 4) is 0 Å². The van der Waals surface area contributed by atoms with Gasteiger partial charge in [0.1, 0.15) is 5.69 Å². The second-order valence-electron chi connectivity index (χ2n) is 4.92. The van der Waals surface area contributed by atoms with Gasteiger partial charge in [0, 0.05) is 18.8 Å². The molecule has 2 rings (SSSR count). The van der Waals surface area contributed by atoms with Gasteiger partial charge in [0.2, 0.25) is 0 Å². The van der Waals surface area contributed by atoms with Crippen LogP contribution in [-0.2, 0) is 16.5 Å². The van der Waals surface area contributed by atoms with Gasteiger partial charge in [0.15, 0.2) is 0 Å². The molecule has 1 aromatic heterocycles. The van der Waals surface area contributed by atoms with Crippen LogP contribution >= 0.6 is 0 Å². The highest BCUT2D eigenvalue weighted by Crippen LogP contribution is 2.17. The molecule has 0 fully saturated rings. The molecule has 0 atom stereocenters. The number of amides is 1. The van der Waals surface area contributed by atoms with E-state index in [9.17, 15) is 19.2 Å². The Bertz CT molecular complexity index is 869. The molecule has 9 heteroatoms. The Balaban J connectivity index is 2.38. The number of hydrogen-bond donors (Lipinski definition) is 1. The quantitative estimate of drug-likeness (QED) is 0.807. The lowest BCUT2D eigenvalue weighted by molar-refractivity contribution is 0.0599. The number of ether oxygens (including phenoxy) is 2. The minimum absolute atomic E-state index is 0.00908. The highest BCUT2D eigenvalue weighted by molar-refractivity contribution is 6.04. The van der Waals surface area contributed by atoms with Gasteiger partial charge in [-0.3, -0.25) is 9.59 Å². The lowest BCUT2D eigenvalue weighted by atomic mass is 10.1. The molecule has 9 nitrogen and oxygen atoms in total. The molecule has 1 aromatic carbocycles. The van der Waals surface area contributed by atoms with Crippen LogP contribution in [0.5, 0.6) is 0 Å². The Hall–Kier alpha value is -3.49. The highest BCUT2D eigenvalue weighted by Gasteiger charge is 2.16. The average molecular weight is 345 g/mol. The molecular formula is C16H15N3O6. The van der Waals surface area contributed by atoms with Crippen LogP contribution < -0.4 is 10.9 Å². The average Bonchev–Trinajstić information content (AvgIpc) is 2.62. The van der Waals surface area contributed by atoms with Crippen molar-refractivity contribution in [3.05, 3.63) is 57.5 Å². The number of methoxy groups -OCH3 is 2. The minimum Gasteiger partial charge on any atom is -0.465 e. The molecule has 0 spiro atoms. The van der Waals surface area contributed by atoms with Crippen molar-refractivity contribution in [1.82, 2.24) is 9.78 Å². The van der Waals surface area contributed by atoms with Crippen molar-refractivity contribution < 1.29 is 23.9 Å². The standard InChI is InChI=1S/C16H15N3O6/c1-19-13(20)5-4-12(18-19)14(21)17-11-7-9(15(22)24-2)6-10(8-11)16(23)25-3/h4-8H,1-3H3,(H,17,21). The van der Waals surface area contributed by atoms with E-state index in [0.717, 1.165) is 4.68 Å². The summed E-state index contributed by atoms with van der Waals surface area (Å²) < 4.78 is 10.3. The van der Waals surface area contributed by atoms with Crippen LogP contribution in [0.2, 0.25) is 0 Å². The summed E-state index contributed by atoms with van der Waals surface area (Å²) in [4.78, 5) is 47.0. The topological polar surface area (TPSA) is 117 Å². The largest absolute Gasteiger partial charge is 0.465 e. The van der Waals surface area contributed by atoms with E-state index < -0.39 is 17.8 Å². The number of carbonyl (C=O) groups excluding carboxylic acids is 3. The fourth-order valence-electron chi connectivity index (χ4n) is 1.99. The number of nitrogens with one attached hydrogen (secondary N) is 1. The molecule has 0 aliphatic rings. The minimum atomic E-state index is -0.679. The Morgan fingerprint density at radius 2 is 1.56 bits per heavy atom. The number of aryl methyl sites for hydroxylation is 1. The van der Waals surface area contributed by atoms with Crippen molar-refractivity contribution in [2.24, 2.45) is 7.05 Å². The number of hydrogen-bond acceptors (Lipinski definition) is 7. The van der Waals surface area contributed by atoms with E-state index >= 15 is 0 Å². The van der Waals surface area contributed by atoms with Crippen LogP contribution in [0.3, 0.4) is 0 Å². The van der Waals surface area contributed by atoms with Gasteiger partial charge in [-0.15, -0.1) is 0 Å². The van der Waals surface area contributed by atoms with E-state index in [2.05, 4.69) is 19.9 Å². The summed E-state index contributed by atoms with van der Waals surface area (Å²) in [5.74, 6) is -1.98. The van der Waals surface area contributed by atoms with E-state index in [4.69, 9.17) is 0 Å². The van der Waals surface area contributed by atoms with Crippen LogP contribution in [0.4, 0.5) is 5.69 Å². The molecule has 0 aliphatic heterocycles. The van der Waals surface area contributed by atoms with E-state index in [1.54, 1.807) is 0 Å². The highest BCUT2D eigenvalue weighted by atomic mass is 16.5. The van der Waals surface area contributed by atoms with Gasteiger partial charge in [0.25, 0.3) is 11.5 Å². The van der Waals surface area contributed by atoms with E-state index in [1.165, 1.54) is 51.6 Å². The first kappa shape index (κ1) is 17.9. The van der Waals surface area contributed by atoms with Crippen LogP contribution in [0.1, 0.15) is 31.2 Å². The summed E-state index contributed by atoms with van der Waals surface area (Å²) in [5.41, 5.74) is -0.0744. The number of nitrogens with zero attached hydrogens (tertiary/aromatic N) is 2. The maximum atomic E-state index is 12.3. The van der Waals surface area contributed by atoms with Crippen LogP contribution in [-0.4, -0.2) is 41.8 Å². The third kappa shape index (κ3) is 4.08. The van der Waals surface area contributed by atoms with Gasteiger partial charge in [-0.25, -0.2) is 14.3 Å². The van der Waals surface area contributed by atoms with Crippen molar-refractivity contribution >= 4 is 23.5 Å². The Morgan fingerprint density at radius 1 is 1.00 bits per heavy atom. The number of carbonyl (C=O) groups is 3. The summed E-state index contributed by atoms with van der Waals surface area (Å²) >= 11 is 0. The SMILES string of the molecule is COC(=O)c1cc(NC(=O)c2ccc(=O)n(C)n2)cc(C(=O)OC)c1. The molecule has 130 valence electrons. The first-order valence-electron chi connectivity index (χ1n) is 7.03. The van der Waals surface area contributed by atoms with Gasteiger partial charge in [-0.05, 0) is 24.3 Å². The summed E-state index contributed by atoms with van der Waals surface area (Å²) in [6.45, 7) is 0. The molecule has 1 heterocycles. The number of benzene rings is 1. The van der Waals surface area contributed by atoms with Crippen molar-refractivity contribution in [2.75, 3.05) is 19.5 Å². The third-order valence-corrected chi connectivity index (χ3v) is 3.23. The molecule has 1 amide bonds. The summed E-state index contributed by atoms with van der Waals surface area (Å²) in [7, 11) is 3.80. The van der Waals surface area contributed by atoms with E-state index in [-0.39, 0.29) is 28.1 Å². The van der Waals surface area contributed by atoms with Crippen LogP contribution in [0, 0.1) is 0 Å². The Kier molecular flexibility index (Phi) is 5.28. The first-order chi connectivity index (χ1) is 11.8. The second kappa shape index (κ2) is 7.39. The molecule has 2 aromatic rings. The predicted octanol–water partition coefficient (Wildman–Crippen LogP) is 0.606. The number of aromatic nitrogens is 2. The molecule has 0 unspecified atom stereocenters. The summed E-state index contributed by atoms with van der Waals surface area (Å²) in [6.07, 6.45) is 0. The van der Waals surface area contributed by atoms with E-state index in [1.807, 2.05) is 0 Å². The number of rotatable bonds is 4. The lowest BCUT2D eigenvalue weighted by Gasteiger charge is -2.09. The lowest BCUT2D eigenvalue weighted by Crippen LogP contribution is -2.23. The predicted molar refractivity (Wildman–Crippen MR) is 86.6 cm³/mol. The smallest absolute Gasteiger partial charge is 0.337 e. The second-order valence-corrected chi connectivity index (χ2v) is 4.92. The van der Waals surface area contributed by atoms with Crippen LogP contribution in [0.25, 0.3) is 0 Å². The monoisotopic (exact) mass is 345 g/mol. The molecule has 25 heavy (non-hydrogen) atoms. The molecule has 0 radical (unpaired) electrons. The first-order valence-corrected chi connectivity index (χ1v) is 7.03. The molecule has 0 saturated heterocycles. The van der Waals surface area contributed by atoms with Crippen LogP contribution in [0.15, 0.2) is 35.1 Å². The van der Waals surface area contributed by atoms with Gasteiger partial charge < -0.3 is 14.8 Å². The zero-order valence-electron chi connectivity index (χ0n) is 13.7. The van der Waals surface area contributed by atoms with Crippen molar-refractivity contribution in [2.45, 2.75) is 0 Å². The van der Waals surface area contributed by atoms with Crippen molar-refractivity contribution in [1.29, 1.82) is 0 Å².